The van der Waals surface area contributed by atoms with Crippen LogP contribution in [0.1, 0.15) is 52.4 Å². The first-order valence-electron chi connectivity index (χ1n) is 8.02. The molecular weight excluding hydrogens is 252 g/mol. The van der Waals surface area contributed by atoms with E-state index in [1.807, 2.05) is 0 Å². The van der Waals surface area contributed by atoms with Crippen LogP contribution in [0.25, 0.3) is 0 Å². The Balaban J connectivity index is 1.80. The maximum Gasteiger partial charge on any atom is 0.252 e. The first-order chi connectivity index (χ1) is 9.47. The lowest BCUT2D eigenvalue weighted by Gasteiger charge is -2.37. The summed E-state index contributed by atoms with van der Waals surface area (Å²) in [5, 5.41) is 6.43. The Morgan fingerprint density at radius 3 is 2.35 bits per heavy atom. The van der Waals surface area contributed by atoms with Gasteiger partial charge in [0, 0.05) is 13.7 Å². The van der Waals surface area contributed by atoms with Gasteiger partial charge in [-0.1, -0.05) is 13.8 Å². The molecule has 20 heavy (non-hydrogen) atoms. The summed E-state index contributed by atoms with van der Waals surface area (Å²) < 4.78 is 5.56. The van der Waals surface area contributed by atoms with E-state index in [-0.39, 0.29) is 5.91 Å². The topological polar surface area (TPSA) is 50.4 Å². The van der Waals surface area contributed by atoms with E-state index in [9.17, 15) is 4.79 Å². The zero-order valence-corrected chi connectivity index (χ0v) is 13.3. The quantitative estimate of drug-likeness (QED) is 0.830. The van der Waals surface area contributed by atoms with Crippen LogP contribution in [0, 0.1) is 11.3 Å². The van der Waals surface area contributed by atoms with E-state index in [0.717, 1.165) is 32.5 Å². The highest BCUT2D eigenvalue weighted by atomic mass is 16.5. The summed E-state index contributed by atoms with van der Waals surface area (Å²) in [6.45, 7) is 7.22. The Morgan fingerprint density at radius 1 is 1.20 bits per heavy atom. The molecule has 2 rings (SSSR count). The second-order valence-electron chi connectivity index (χ2n) is 7.27. The standard InChI is InChI=1S/C16H30N2O2/c1-15(2)6-4-13(5-7-15)12-18-14(19)16(20-3)8-10-17-11-9-16/h13,17H,4-12H2,1-3H3,(H,18,19). The van der Waals surface area contributed by atoms with Crippen LogP contribution in [0.3, 0.4) is 0 Å². The predicted octanol–water partition coefficient (Wildman–Crippen LogP) is 2.09. The zero-order valence-electron chi connectivity index (χ0n) is 13.3. The Morgan fingerprint density at radius 2 is 1.80 bits per heavy atom. The van der Waals surface area contributed by atoms with Gasteiger partial charge in [0.05, 0.1) is 0 Å². The van der Waals surface area contributed by atoms with Crippen molar-refractivity contribution in [3.05, 3.63) is 0 Å². The molecule has 1 amide bonds. The highest BCUT2D eigenvalue weighted by Gasteiger charge is 2.39. The highest BCUT2D eigenvalue weighted by Crippen LogP contribution is 2.37. The number of methoxy groups -OCH3 is 1. The smallest absolute Gasteiger partial charge is 0.252 e. The molecule has 2 aliphatic rings. The average molecular weight is 282 g/mol. The largest absolute Gasteiger partial charge is 0.368 e. The lowest BCUT2D eigenvalue weighted by Crippen LogP contribution is -2.54. The van der Waals surface area contributed by atoms with Gasteiger partial charge >= 0.3 is 0 Å². The van der Waals surface area contributed by atoms with Crippen molar-refractivity contribution in [2.45, 2.75) is 58.0 Å². The molecule has 1 aliphatic carbocycles. The van der Waals surface area contributed by atoms with Crippen LogP contribution in [-0.2, 0) is 9.53 Å². The summed E-state index contributed by atoms with van der Waals surface area (Å²) in [7, 11) is 1.66. The molecule has 4 heteroatoms. The van der Waals surface area contributed by atoms with E-state index in [1.54, 1.807) is 7.11 Å². The van der Waals surface area contributed by atoms with Gasteiger partial charge in [-0.2, -0.15) is 0 Å². The van der Waals surface area contributed by atoms with Crippen LogP contribution in [0.5, 0.6) is 0 Å². The number of piperidine rings is 1. The molecular formula is C16H30N2O2. The Kier molecular flexibility index (Phi) is 5.08. The molecule has 2 fully saturated rings. The number of hydrogen-bond acceptors (Lipinski definition) is 3. The third-order valence-electron chi connectivity index (χ3n) is 5.23. The highest BCUT2D eigenvalue weighted by molar-refractivity contribution is 5.85. The lowest BCUT2D eigenvalue weighted by atomic mass is 9.73. The van der Waals surface area contributed by atoms with Crippen LogP contribution in [0.4, 0.5) is 0 Å². The van der Waals surface area contributed by atoms with Gasteiger partial charge in [-0.25, -0.2) is 0 Å². The molecule has 116 valence electrons. The van der Waals surface area contributed by atoms with E-state index in [2.05, 4.69) is 24.5 Å². The normalized spacial score (nSPS) is 26.1. The molecule has 2 N–H and O–H groups in total. The van der Waals surface area contributed by atoms with E-state index >= 15 is 0 Å². The van der Waals surface area contributed by atoms with Gasteiger partial charge in [-0.15, -0.1) is 0 Å². The maximum absolute atomic E-state index is 12.5. The van der Waals surface area contributed by atoms with Gasteiger partial charge in [0.1, 0.15) is 5.60 Å². The minimum absolute atomic E-state index is 0.0892. The van der Waals surface area contributed by atoms with Crippen LogP contribution in [0.15, 0.2) is 0 Å². The van der Waals surface area contributed by atoms with E-state index in [0.29, 0.717) is 11.3 Å². The van der Waals surface area contributed by atoms with Crippen molar-refractivity contribution >= 4 is 5.91 Å². The Bertz CT molecular complexity index is 325. The number of carbonyl (C=O) groups excluding carboxylic acids is 1. The molecule has 0 aromatic carbocycles. The molecule has 0 aromatic heterocycles. The molecule has 1 aliphatic heterocycles. The second kappa shape index (κ2) is 6.44. The average Bonchev–Trinajstić information content (AvgIpc) is 2.46. The molecule has 0 radical (unpaired) electrons. The summed E-state index contributed by atoms with van der Waals surface area (Å²) in [6.07, 6.45) is 6.55. The van der Waals surface area contributed by atoms with E-state index in [1.165, 1.54) is 25.7 Å². The zero-order chi connectivity index (χ0) is 14.6. The monoisotopic (exact) mass is 282 g/mol. The van der Waals surface area contributed by atoms with Crippen molar-refractivity contribution in [3.63, 3.8) is 0 Å². The number of rotatable bonds is 4. The third kappa shape index (κ3) is 3.73. The van der Waals surface area contributed by atoms with Crippen molar-refractivity contribution in [1.29, 1.82) is 0 Å². The second-order valence-corrected chi connectivity index (χ2v) is 7.27. The van der Waals surface area contributed by atoms with E-state index < -0.39 is 5.60 Å². The Labute approximate surface area is 123 Å². The van der Waals surface area contributed by atoms with Crippen molar-refractivity contribution < 1.29 is 9.53 Å². The first-order valence-corrected chi connectivity index (χ1v) is 8.02. The fourth-order valence-corrected chi connectivity index (χ4v) is 3.42. The molecule has 1 heterocycles. The lowest BCUT2D eigenvalue weighted by molar-refractivity contribution is -0.147. The van der Waals surface area contributed by atoms with Gasteiger partial charge in [0.2, 0.25) is 0 Å². The molecule has 4 nitrogen and oxygen atoms in total. The summed E-state index contributed by atoms with van der Waals surface area (Å²) in [5.74, 6) is 0.730. The van der Waals surface area contributed by atoms with Gasteiger partial charge in [-0.3, -0.25) is 4.79 Å². The predicted molar refractivity (Wildman–Crippen MR) is 80.6 cm³/mol. The SMILES string of the molecule is COC1(C(=O)NCC2CCC(C)(C)CC2)CCNCC1. The number of amides is 1. The maximum atomic E-state index is 12.5. The number of carbonyl (C=O) groups is 1. The molecule has 0 spiro atoms. The summed E-state index contributed by atoms with van der Waals surface area (Å²) in [5.41, 5.74) is -0.109. The molecule has 0 bridgehead atoms. The van der Waals surface area contributed by atoms with Crippen molar-refractivity contribution in [3.8, 4) is 0 Å². The molecule has 0 atom stereocenters. The van der Waals surface area contributed by atoms with Gasteiger partial charge in [-0.05, 0) is 62.9 Å². The summed E-state index contributed by atoms with van der Waals surface area (Å²) in [4.78, 5) is 12.5. The minimum atomic E-state index is -0.598. The van der Waals surface area contributed by atoms with Crippen LogP contribution >= 0.6 is 0 Å². The molecule has 0 aromatic rings. The summed E-state index contributed by atoms with van der Waals surface area (Å²) in [6, 6.07) is 0. The van der Waals surface area contributed by atoms with Crippen molar-refractivity contribution in [1.82, 2.24) is 10.6 Å². The Hall–Kier alpha value is -0.610. The van der Waals surface area contributed by atoms with Crippen LogP contribution in [-0.4, -0.2) is 38.3 Å². The number of ether oxygens (including phenoxy) is 1. The fraction of sp³-hybridized carbons (Fsp3) is 0.938. The number of hydrogen-bond donors (Lipinski definition) is 2. The van der Waals surface area contributed by atoms with Gasteiger partial charge in [0.25, 0.3) is 5.91 Å². The van der Waals surface area contributed by atoms with Crippen LogP contribution in [0.2, 0.25) is 0 Å². The van der Waals surface area contributed by atoms with Crippen molar-refractivity contribution in [2.75, 3.05) is 26.7 Å². The number of nitrogens with one attached hydrogen (secondary N) is 2. The molecule has 1 saturated heterocycles. The summed E-state index contributed by atoms with van der Waals surface area (Å²) >= 11 is 0. The van der Waals surface area contributed by atoms with Crippen LogP contribution < -0.4 is 10.6 Å². The minimum Gasteiger partial charge on any atom is -0.368 e. The van der Waals surface area contributed by atoms with E-state index in [4.69, 9.17) is 4.74 Å². The van der Waals surface area contributed by atoms with Gasteiger partial charge in [0.15, 0.2) is 0 Å². The fourth-order valence-electron chi connectivity index (χ4n) is 3.42. The van der Waals surface area contributed by atoms with Gasteiger partial charge < -0.3 is 15.4 Å². The molecule has 0 unspecified atom stereocenters. The van der Waals surface area contributed by atoms with Crippen molar-refractivity contribution in [2.24, 2.45) is 11.3 Å². The first kappa shape index (κ1) is 15.8. The third-order valence-corrected chi connectivity index (χ3v) is 5.23. The molecule has 1 saturated carbocycles.